The van der Waals surface area contributed by atoms with Gasteiger partial charge in [-0.1, -0.05) is 54.6 Å². The molecule has 0 atom stereocenters. The summed E-state index contributed by atoms with van der Waals surface area (Å²) < 4.78 is 0. The van der Waals surface area contributed by atoms with Crippen molar-refractivity contribution < 1.29 is 5.11 Å². The second kappa shape index (κ2) is 5.57. The van der Waals surface area contributed by atoms with Gasteiger partial charge in [-0.05, 0) is 40.8 Å². The van der Waals surface area contributed by atoms with E-state index in [-0.39, 0.29) is 5.75 Å². The maximum absolute atomic E-state index is 9.14. The van der Waals surface area contributed by atoms with E-state index in [0.29, 0.717) is 11.0 Å². The van der Waals surface area contributed by atoms with Crippen molar-refractivity contribution in [3.63, 3.8) is 0 Å². The summed E-state index contributed by atoms with van der Waals surface area (Å²) in [6.45, 7) is 0. The van der Waals surface area contributed by atoms with Gasteiger partial charge in [0, 0.05) is 0 Å². The van der Waals surface area contributed by atoms with E-state index in [4.69, 9.17) is 5.11 Å². The van der Waals surface area contributed by atoms with Crippen molar-refractivity contribution >= 4 is 11.0 Å². The number of phenols is 1. The molecule has 0 unspecified atom stereocenters. The third kappa shape index (κ3) is 2.44. The van der Waals surface area contributed by atoms with Crippen LogP contribution >= 0.6 is 0 Å². The van der Waals surface area contributed by atoms with Gasteiger partial charge in [-0.25, -0.2) is 0 Å². The van der Waals surface area contributed by atoms with Crippen molar-refractivity contribution in [3.8, 4) is 16.9 Å². The lowest BCUT2D eigenvalue weighted by atomic mass is 10.1. The monoisotopic (exact) mass is 301 g/mol. The first-order valence-electron chi connectivity index (χ1n) is 7.47. The zero-order valence-corrected chi connectivity index (χ0v) is 12.4. The number of para-hydroxylation sites is 1. The molecule has 1 heterocycles. The van der Waals surface area contributed by atoms with Gasteiger partial charge >= 0.3 is 0 Å². The first kappa shape index (κ1) is 13.5. The fourth-order valence-electron chi connectivity index (χ4n) is 2.93. The van der Waals surface area contributed by atoms with Gasteiger partial charge in [0.1, 0.15) is 11.3 Å². The van der Waals surface area contributed by atoms with E-state index in [2.05, 4.69) is 63.9 Å². The molecule has 1 aliphatic carbocycles. The summed E-state index contributed by atoms with van der Waals surface area (Å²) in [6, 6.07) is 22.4. The van der Waals surface area contributed by atoms with E-state index in [1.807, 2.05) is 0 Å². The number of rotatable bonds is 0. The summed E-state index contributed by atoms with van der Waals surface area (Å²) in [5.41, 5.74) is 6.95. The Kier molecular flexibility index (Phi) is 3.27. The molecule has 4 nitrogen and oxygen atoms in total. The second-order valence-corrected chi connectivity index (χ2v) is 5.46. The minimum absolute atomic E-state index is 0.159. The molecule has 23 heavy (non-hydrogen) atoms. The molecule has 0 amide bonds. The Labute approximate surface area is 133 Å². The lowest BCUT2D eigenvalue weighted by Crippen LogP contribution is -1.77. The summed E-state index contributed by atoms with van der Waals surface area (Å²) in [5, 5.41) is 19.1. The van der Waals surface area contributed by atoms with Crippen LogP contribution in [0.1, 0.15) is 11.1 Å². The molecule has 112 valence electrons. The number of aromatic amines is 1. The minimum atomic E-state index is 0.159. The third-order valence-electron chi connectivity index (χ3n) is 4.03. The zero-order chi connectivity index (χ0) is 15.6. The molecule has 4 heteroatoms. The number of aromatic nitrogens is 3. The number of phenolic OH excluding ortho intramolecular Hbond substituents is 1. The predicted octanol–water partition coefficient (Wildman–Crippen LogP) is 3.92. The van der Waals surface area contributed by atoms with Crippen LogP contribution in [0.4, 0.5) is 0 Å². The number of nitrogens with zero attached hydrogens (tertiary/aromatic N) is 2. The molecule has 0 saturated heterocycles. The van der Waals surface area contributed by atoms with E-state index in [9.17, 15) is 0 Å². The Balaban J connectivity index is 0.000000122. The number of nitrogens with one attached hydrogen (secondary N) is 1. The molecule has 0 fully saturated rings. The summed E-state index contributed by atoms with van der Waals surface area (Å²) in [6.07, 6.45) is 1.10. The van der Waals surface area contributed by atoms with Crippen molar-refractivity contribution in [1.82, 2.24) is 15.4 Å². The number of benzene rings is 3. The first-order valence-corrected chi connectivity index (χ1v) is 7.47. The van der Waals surface area contributed by atoms with Crippen LogP contribution in [-0.4, -0.2) is 20.5 Å². The molecule has 0 radical (unpaired) electrons. The number of H-pyrrole nitrogens is 1. The van der Waals surface area contributed by atoms with Gasteiger partial charge in [0.15, 0.2) is 5.52 Å². The molecule has 0 spiro atoms. The Bertz CT molecular complexity index is 931. The fourth-order valence-corrected chi connectivity index (χ4v) is 2.93. The first-order chi connectivity index (χ1) is 11.3. The molecular formula is C19H15N3O. The van der Waals surface area contributed by atoms with Gasteiger partial charge in [0.25, 0.3) is 0 Å². The number of hydrogen-bond acceptors (Lipinski definition) is 3. The maximum Gasteiger partial charge on any atom is 0.154 e. The lowest BCUT2D eigenvalue weighted by molar-refractivity contribution is 0.480. The van der Waals surface area contributed by atoms with E-state index >= 15 is 0 Å². The largest absolute Gasteiger partial charge is 0.506 e. The van der Waals surface area contributed by atoms with Gasteiger partial charge in [-0.15, -0.1) is 0 Å². The molecule has 2 N–H and O–H groups in total. The molecule has 4 aromatic rings. The van der Waals surface area contributed by atoms with Crippen molar-refractivity contribution in [2.45, 2.75) is 6.42 Å². The van der Waals surface area contributed by atoms with Crippen molar-refractivity contribution in [2.24, 2.45) is 0 Å². The van der Waals surface area contributed by atoms with Gasteiger partial charge in [-0.3, -0.25) is 0 Å². The quantitative estimate of drug-likeness (QED) is 0.455. The highest BCUT2D eigenvalue weighted by Gasteiger charge is 2.15. The third-order valence-corrected chi connectivity index (χ3v) is 4.03. The van der Waals surface area contributed by atoms with Crippen molar-refractivity contribution in [1.29, 1.82) is 0 Å². The Morgan fingerprint density at radius 1 is 0.739 bits per heavy atom. The zero-order valence-electron chi connectivity index (χ0n) is 12.4. The number of hydrogen-bond donors (Lipinski definition) is 2. The number of aromatic hydroxyl groups is 1. The van der Waals surface area contributed by atoms with Gasteiger partial charge in [-0.2, -0.15) is 15.4 Å². The van der Waals surface area contributed by atoms with E-state index < -0.39 is 0 Å². The second-order valence-electron chi connectivity index (χ2n) is 5.46. The summed E-state index contributed by atoms with van der Waals surface area (Å²) >= 11 is 0. The molecule has 1 aliphatic rings. The Morgan fingerprint density at radius 3 is 2.04 bits per heavy atom. The van der Waals surface area contributed by atoms with Gasteiger partial charge < -0.3 is 5.11 Å². The highest BCUT2D eigenvalue weighted by atomic mass is 16.3. The fraction of sp³-hybridized carbons (Fsp3) is 0.0526. The Morgan fingerprint density at radius 2 is 1.39 bits per heavy atom. The topological polar surface area (TPSA) is 61.8 Å². The summed E-state index contributed by atoms with van der Waals surface area (Å²) in [4.78, 5) is 0. The Hall–Kier alpha value is -3.14. The lowest BCUT2D eigenvalue weighted by Gasteiger charge is -1.98. The molecule has 0 saturated carbocycles. The van der Waals surface area contributed by atoms with Crippen LogP contribution in [0.3, 0.4) is 0 Å². The summed E-state index contributed by atoms with van der Waals surface area (Å²) in [5.74, 6) is 0.159. The van der Waals surface area contributed by atoms with Crippen LogP contribution in [0.15, 0.2) is 66.7 Å². The smallest absolute Gasteiger partial charge is 0.154 e. The molecule has 1 aromatic heterocycles. The average Bonchev–Trinajstić information content (AvgIpc) is 3.20. The van der Waals surface area contributed by atoms with E-state index in [1.54, 1.807) is 18.2 Å². The van der Waals surface area contributed by atoms with Crippen molar-refractivity contribution in [2.75, 3.05) is 0 Å². The van der Waals surface area contributed by atoms with Gasteiger partial charge in [0.05, 0.1) is 0 Å². The predicted molar refractivity (Wildman–Crippen MR) is 90.2 cm³/mol. The highest BCUT2D eigenvalue weighted by Crippen LogP contribution is 2.35. The normalized spacial score (nSPS) is 11.5. The van der Waals surface area contributed by atoms with Crippen LogP contribution < -0.4 is 0 Å². The standard InChI is InChI=1S/C13H10.C6H5N3O/c1-3-7-12-10(5-1)9-11-6-2-4-8-13(11)12;10-5-3-1-2-4-6(5)8-9-7-4/h1-8H,9H2;1-3,10H,(H,7,8,9). The molecule has 3 aromatic carbocycles. The molecule has 5 rings (SSSR count). The summed E-state index contributed by atoms with van der Waals surface area (Å²) in [7, 11) is 0. The molecule has 0 aliphatic heterocycles. The highest BCUT2D eigenvalue weighted by molar-refractivity contribution is 5.79. The SMILES string of the molecule is Oc1cccc2n[nH]nc12.c1ccc2c(c1)Cc1ccccc1-2. The van der Waals surface area contributed by atoms with Crippen molar-refractivity contribution in [3.05, 3.63) is 77.9 Å². The van der Waals surface area contributed by atoms with E-state index in [1.165, 1.54) is 22.3 Å². The minimum Gasteiger partial charge on any atom is -0.506 e. The number of fused-ring (bicyclic) bond motifs is 4. The van der Waals surface area contributed by atoms with Crippen LogP contribution in [0, 0.1) is 0 Å². The maximum atomic E-state index is 9.14. The van der Waals surface area contributed by atoms with Crippen LogP contribution in [0.25, 0.3) is 22.2 Å². The molecule has 0 bridgehead atoms. The van der Waals surface area contributed by atoms with Crippen LogP contribution in [-0.2, 0) is 6.42 Å². The van der Waals surface area contributed by atoms with E-state index in [0.717, 1.165) is 6.42 Å². The van der Waals surface area contributed by atoms with Gasteiger partial charge in [0.2, 0.25) is 0 Å². The van der Waals surface area contributed by atoms with Crippen LogP contribution in [0.2, 0.25) is 0 Å². The van der Waals surface area contributed by atoms with Crippen LogP contribution in [0.5, 0.6) is 5.75 Å². The molecular weight excluding hydrogens is 286 g/mol. The average molecular weight is 301 g/mol.